The molecule has 0 saturated heterocycles. The number of hydrogen-bond donors (Lipinski definition) is 2. The molecule has 2 aromatic carbocycles. The molecule has 0 unspecified atom stereocenters. The monoisotopic (exact) mass is 938 g/mol. The zero-order chi connectivity index (χ0) is 50.0. The molecule has 4 aliphatic heterocycles. The maximum absolute atomic E-state index is 13.7. The number of benzene rings is 2. The van der Waals surface area contributed by atoms with E-state index in [1.54, 1.807) is 56.7 Å². The molecule has 0 spiro atoms. The minimum Gasteiger partial charge on any atom is -0.481 e. The molecule has 2 N–H and O–H groups in total. The molecule has 0 bridgehead atoms. The molecule has 0 aliphatic carbocycles. The summed E-state index contributed by atoms with van der Waals surface area (Å²) in [7, 11) is 0. The molecule has 0 amide bonds. The zero-order valence-corrected chi connectivity index (χ0v) is 40.8. The van der Waals surface area contributed by atoms with Crippen molar-refractivity contribution in [1.82, 2.24) is 19.1 Å². The summed E-state index contributed by atoms with van der Waals surface area (Å²) in [6.07, 6.45) is 1.93. The van der Waals surface area contributed by atoms with Crippen molar-refractivity contribution in [3.05, 3.63) is 125 Å². The summed E-state index contributed by atoms with van der Waals surface area (Å²) < 4.78 is 19.7. The lowest BCUT2D eigenvalue weighted by Gasteiger charge is -2.36. The van der Waals surface area contributed by atoms with Gasteiger partial charge in [0.2, 0.25) is 5.60 Å². The molecule has 15 nitrogen and oxygen atoms in total. The van der Waals surface area contributed by atoms with Crippen molar-refractivity contribution in [2.75, 3.05) is 0 Å². The van der Waals surface area contributed by atoms with Gasteiger partial charge in [-0.05, 0) is 87.1 Å². The third-order valence-electron chi connectivity index (χ3n) is 13.8. The van der Waals surface area contributed by atoms with E-state index >= 15 is 0 Å². The van der Waals surface area contributed by atoms with Crippen LogP contribution in [0.3, 0.4) is 0 Å². The average Bonchev–Trinajstić information content (AvgIpc) is 3.88. The number of esters is 3. The van der Waals surface area contributed by atoms with Crippen LogP contribution in [0.4, 0.5) is 0 Å². The van der Waals surface area contributed by atoms with Gasteiger partial charge < -0.3 is 33.6 Å². The summed E-state index contributed by atoms with van der Waals surface area (Å²) in [6, 6.07) is 15.9. The predicted molar refractivity (Wildman–Crippen MR) is 258 cm³/mol. The Hall–Kier alpha value is -7.00. The van der Waals surface area contributed by atoms with Gasteiger partial charge in [-0.1, -0.05) is 78.6 Å². The van der Waals surface area contributed by atoms with Gasteiger partial charge in [0.05, 0.1) is 69.9 Å². The number of aromatic nitrogens is 4. The molecule has 69 heavy (non-hydrogen) atoms. The Bertz CT molecular complexity index is 3290. The lowest BCUT2D eigenvalue weighted by Crippen LogP contribution is -2.48. The topological polar surface area (TPSA) is 206 Å². The number of cyclic esters (lactones) is 2. The van der Waals surface area contributed by atoms with E-state index in [4.69, 9.17) is 29.3 Å². The van der Waals surface area contributed by atoms with Gasteiger partial charge in [-0.25, -0.2) is 19.6 Å². The summed E-state index contributed by atoms with van der Waals surface area (Å²) in [5, 5.41) is 21.2. The SMILES string of the molecule is CC(C)C(=O)O.CCc1c2c(nc3ccc(C)cc13)-c1cc3c(c(=O)n1C2)COC(=O)[C@@]3(CC)OC(=O)C(C)C.CCc1c2c(nc3ccc(C)cc13)-c1cc3c(c(=O)n1C2)COC(=O)[C@]3(O)CC. The summed E-state index contributed by atoms with van der Waals surface area (Å²) in [4.78, 5) is 84.3. The van der Waals surface area contributed by atoms with Crippen LogP contribution in [0.25, 0.3) is 44.6 Å². The minimum absolute atomic E-state index is 0.110. The summed E-state index contributed by atoms with van der Waals surface area (Å²) >= 11 is 0. The first-order chi connectivity index (χ1) is 32.7. The maximum atomic E-state index is 13.7. The highest BCUT2D eigenvalue weighted by Crippen LogP contribution is 2.44. The molecular weight excluding hydrogens is 881 g/mol. The van der Waals surface area contributed by atoms with E-state index in [0.29, 0.717) is 46.7 Å². The number of aliphatic carboxylic acids is 1. The smallest absolute Gasteiger partial charge is 0.355 e. The van der Waals surface area contributed by atoms with E-state index in [9.17, 15) is 33.9 Å². The second-order valence-corrected chi connectivity index (χ2v) is 18.8. The van der Waals surface area contributed by atoms with Crippen molar-refractivity contribution < 1.29 is 43.6 Å². The lowest BCUT2D eigenvalue weighted by molar-refractivity contribution is -0.191. The first-order valence-corrected chi connectivity index (χ1v) is 23.7. The fourth-order valence-electron chi connectivity index (χ4n) is 9.81. The molecule has 8 heterocycles. The third kappa shape index (κ3) is 7.89. The van der Waals surface area contributed by atoms with Crippen LogP contribution >= 0.6 is 0 Å². The van der Waals surface area contributed by atoms with Gasteiger partial charge in [0.1, 0.15) is 13.2 Å². The van der Waals surface area contributed by atoms with E-state index in [1.807, 2.05) is 30.3 Å². The number of carbonyl (C=O) groups excluding carboxylic acids is 3. The molecular formula is C54H58N4O11. The number of hydrogen-bond acceptors (Lipinski definition) is 12. The Morgan fingerprint density at radius 1 is 0.667 bits per heavy atom. The van der Waals surface area contributed by atoms with E-state index in [0.717, 1.165) is 62.7 Å². The first kappa shape index (κ1) is 48.5. The Morgan fingerprint density at radius 3 is 1.54 bits per heavy atom. The van der Waals surface area contributed by atoms with E-state index < -0.39 is 41.0 Å². The standard InChI is InChI=1S/C27H28N2O5.C23H22N2O4.C4H8O2/c1-6-16-17-10-15(5)8-9-21(17)28-23-18(16)12-29-22(23)11-20-19(24(29)30)13-33-26(32)27(20,7-2)34-25(31)14(3)4;1-4-13-14-8-12(3)6-7-18(14)24-20-15(13)10-25-19(20)9-17-16(21(25)26)11-29-22(27)23(17,28)5-2;1-3(2)4(5)6/h8-11,14H,6-7,12-13H2,1-5H3;6-9,28H,4-5,10-11H2,1-3H3;3H,1-2H3,(H,5,6)/t27-;23-;/m00./s1. The first-order valence-electron chi connectivity index (χ1n) is 23.7. The number of carbonyl (C=O) groups is 4. The molecule has 0 radical (unpaired) electrons. The molecule has 0 saturated carbocycles. The average molecular weight is 939 g/mol. The number of aliphatic hydroxyl groups is 1. The Morgan fingerprint density at radius 2 is 1.12 bits per heavy atom. The van der Waals surface area contributed by atoms with Gasteiger partial charge >= 0.3 is 23.9 Å². The van der Waals surface area contributed by atoms with Crippen molar-refractivity contribution in [3.8, 4) is 22.8 Å². The Kier molecular flexibility index (Phi) is 12.7. The minimum atomic E-state index is -1.80. The van der Waals surface area contributed by atoms with Crippen LogP contribution in [0.2, 0.25) is 0 Å². The fraction of sp³-hybridized carbons (Fsp3) is 0.407. The van der Waals surface area contributed by atoms with E-state index in [2.05, 4.69) is 39.8 Å². The highest BCUT2D eigenvalue weighted by molar-refractivity contribution is 5.92. The zero-order valence-electron chi connectivity index (χ0n) is 40.8. The second-order valence-electron chi connectivity index (χ2n) is 18.8. The number of fused-ring (bicyclic) bond motifs is 10. The quantitative estimate of drug-likeness (QED) is 0.116. The summed E-state index contributed by atoms with van der Waals surface area (Å²) in [5.41, 5.74) is 8.86. The second kappa shape index (κ2) is 18.1. The highest BCUT2D eigenvalue weighted by atomic mass is 16.6. The predicted octanol–water partition coefficient (Wildman–Crippen LogP) is 7.83. The number of pyridine rings is 4. The normalized spacial score (nSPS) is 18.2. The van der Waals surface area contributed by atoms with Crippen molar-refractivity contribution in [2.24, 2.45) is 11.8 Å². The van der Waals surface area contributed by atoms with Gasteiger partial charge in [-0.15, -0.1) is 0 Å². The Labute approximate surface area is 399 Å². The summed E-state index contributed by atoms with van der Waals surface area (Å²) in [5.74, 6) is -3.26. The number of aryl methyl sites for hydroxylation is 4. The van der Waals surface area contributed by atoms with Gasteiger partial charge in [-0.3, -0.25) is 19.2 Å². The number of carboxylic acids is 1. The van der Waals surface area contributed by atoms with Gasteiger partial charge in [0.15, 0.2) is 5.60 Å². The highest BCUT2D eigenvalue weighted by Gasteiger charge is 2.51. The van der Waals surface area contributed by atoms with Crippen molar-refractivity contribution in [1.29, 1.82) is 0 Å². The molecule has 4 aliphatic rings. The lowest BCUT2D eigenvalue weighted by atomic mass is 9.85. The van der Waals surface area contributed by atoms with Gasteiger partial charge in [0.25, 0.3) is 11.1 Å². The van der Waals surface area contributed by atoms with Crippen LogP contribution in [0.5, 0.6) is 0 Å². The molecule has 15 heteroatoms. The molecule has 6 aromatic rings. The number of rotatable bonds is 7. The molecule has 0 fully saturated rings. The van der Waals surface area contributed by atoms with Crippen LogP contribution in [0.15, 0.2) is 58.1 Å². The molecule has 2 atom stereocenters. The summed E-state index contributed by atoms with van der Waals surface area (Å²) in [6.45, 7) is 19.1. The molecule has 4 aromatic heterocycles. The van der Waals surface area contributed by atoms with Crippen LogP contribution in [0.1, 0.15) is 124 Å². The van der Waals surface area contributed by atoms with Crippen LogP contribution < -0.4 is 11.1 Å². The molecule has 360 valence electrons. The van der Waals surface area contributed by atoms with E-state index in [1.165, 1.54) is 16.7 Å². The number of ether oxygens (including phenoxy) is 3. The van der Waals surface area contributed by atoms with Gasteiger partial charge in [0, 0.05) is 33.0 Å². The van der Waals surface area contributed by atoms with E-state index in [-0.39, 0.29) is 43.1 Å². The number of carboxylic acid groups (broad SMARTS) is 1. The van der Waals surface area contributed by atoms with Crippen LogP contribution in [0, 0.1) is 25.7 Å². The maximum Gasteiger partial charge on any atom is 0.355 e. The molecule has 10 rings (SSSR count). The van der Waals surface area contributed by atoms with Crippen molar-refractivity contribution >= 4 is 45.7 Å². The van der Waals surface area contributed by atoms with Crippen molar-refractivity contribution in [3.63, 3.8) is 0 Å². The van der Waals surface area contributed by atoms with Crippen LogP contribution in [-0.4, -0.2) is 53.2 Å². The fourth-order valence-corrected chi connectivity index (χ4v) is 9.81. The Balaban J connectivity index is 0.000000168. The van der Waals surface area contributed by atoms with Crippen LogP contribution in [-0.2, 0) is 83.7 Å². The van der Waals surface area contributed by atoms with Crippen molar-refractivity contribution in [2.45, 2.75) is 132 Å². The number of nitrogens with zero attached hydrogens (tertiary/aromatic N) is 4. The largest absolute Gasteiger partial charge is 0.481 e. The third-order valence-corrected chi connectivity index (χ3v) is 13.8. The van der Waals surface area contributed by atoms with Gasteiger partial charge in [-0.2, -0.15) is 0 Å².